The van der Waals surface area contributed by atoms with E-state index in [1.807, 2.05) is 18.2 Å². The summed E-state index contributed by atoms with van der Waals surface area (Å²) >= 11 is 1.69. The average Bonchev–Trinajstić information content (AvgIpc) is 3.39. The molecule has 28 heavy (non-hydrogen) atoms. The van der Waals surface area contributed by atoms with E-state index in [4.69, 9.17) is 0 Å². The van der Waals surface area contributed by atoms with E-state index in [1.165, 1.54) is 4.70 Å². The van der Waals surface area contributed by atoms with Gasteiger partial charge >= 0.3 is 0 Å². The van der Waals surface area contributed by atoms with Crippen LogP contribution in [0.1, 0.15) is 17.8 Å². The molecule has 0 unspecified atom stereocenters. The highest BCUT2D eigenvalue weighted by molar-refractivity contribution is 7.18. The first-order chi connectivity index (χ1) is 13.7. The standard InChI is InChI=1S/C20H27N5O2S/c26-18(21-8-7-20-23-16-3-1-2-4-17(16)28-20)13-24-9-11-25(12-10-24)14-19(27)22-15-5-6-15/h1-4,15H,5-14H2,(H,21,26)(H,22,27). The van der Waals surface area contributed by atoms with Crippen LogP contribution in [0.2, 0.25) is 0 Å². The summed E-state index contributed by atoms with van der Waals surface area (Å²) in [5.74, 6) is 0.185. The maximum atomic E-state index is 12.2. The van der Waals surface area contributed by atoms with Crippen molar-refractivity contribution in [2.24, 2.45) is 0 Å². The Morgan fingerprint density at radius 1 is 1.04 bits per heavy atom. The molecular weight excluding hydrogens is 374 g/mol. The van der Waals surface area contributed by atoms with Gasteiger partial charge in [0.2, 0.25) is 11.8 Å². The molecule has 1 saturated carbocycles. The highest BCUT2D eigenvalue weighted by atomic mass is 32.1. The third-order valence-corrected chi connectivity index (χ3v) is 6.24. The molecule has 150 valence electrons. The number of hydrogen-bond donors (Lipinski definition) is 2. The van der Waals surface area contributed by atoms with Crippen molar-refractivity contribution in [3.8, 4) is 0 Å². The van der Waals surface area contributed by atoms with E-state index in [2.05, 4.69) is 31.5 Å². The second kappa shape index (κ2) is 8.98. The van der Waals surface area contributed by atoms with E-state index in [0.717, 1.165) is 56.0 Å². The number of amides is 2. The molecule has 0 bridgehead atoms. The Morgan fingerprint density at radius 3 is 2.39 bits per heavy atom. The fourth-order valence-electron chi connectivity index (χ4n) is 3.40. The highest BCUT2D eigenvalue weighted by Crippen LogP contribution is 2.21. The molecule has 1 saturated heterocycles. The topological polar surface area (TPSA) is 77.6 Å². The first kappa shape index (κ1) is 19.3. The predicted molar refractivity (Wildman–Crippen MR) is 110 cm³/mol. The van der Waals surface area contributed by atoms with Crippen molar-refractivity contribution in [3.63, 3.8) is 0 Å². The second-order valence-electron chi connectivity index (χ2n) is 7.57. The van der Waals surface area contributed by atoms with Gasteiger partial charge in [-0.25, -0.2) is 4.98 Å². The molecule has 8 heteroatoms. The lowest BCUT2D eigenvalue weighted by molar-refractivity contribution is -0.125. The number of rotatable bonds is 8. The molecule has 4 rings (SSSR count). The Labute approximate surface area is 169 Å². The molecule has 2 fully saturated rings. The van der Waals surface area contributed by atoms with Crippen molar-refractivity contribution in [3.05, 3.63) is 29.3 Å². The van der Waals surface area contributed by atoms with Gasteiger partial charge in [-0.1, -0.05) is 12.1 Å². The van der Waals surface area contributed by atoms with Crippen LogP contribution in [0.5, 0.6) is 0 Å². The minimum absolute atomic E-state index is 0.0565. The molecule has 2 aliphatic rings. The molecule has 0 atom stereocenters. The summed E-state index contributed by atoms with van der Waals surface area (Å²) < 4.78 is 1.19. The van der Waals surface area contributed by atoms with Crippen LogP contribution < -0.4 is 10.6 Å². The van der Waals surface area contributed by atoms with Crippen LogP contribution in [-0.4, -0.2) is 78.5 Å². The number of thiazole rings is 1. The van der Waals surface area contributed by atoms with Gasteiger partial charge in [-0.05, 0) is 25.0 Å². The number of para-hydroxylation sites is 1. The lowest BCUT2D eigenvalue weighted by Crippen LogP contribution is -2.51. The lowest BCUT2D eigenvalue weighted by atomic mass is 10.3. The number of benzene rings is 1. The van der Waals surface area contributed by atoms with Gasteiger partial charge in [-0.15, -0.1) is 11.3 Å². The number of nitrogens with zero attached hydrogens (tertiary/aromatic N) is 3. The van der Waals surface area contributed by atoms with Crippen molar-refractivity contribution in [2.75, 3.05) is 45.8 Å². The van der Waals surface area contributed by atoms with Crippen molar-refractivity contribution in [1.82, 2.24) is 25.4 Å². The molecule has 2 aromatic rings. The molecular formula is C20H27N5O2S. The number of aromatic nitrogens is 1. The quantitative estimate of drug-likeness (QED) is 0.686. The van der Waals surface area contributed by atoms with E-state index in [1.54, 1.807) is 11.3 Å². The number of carbonyl (C=O) groups excluding carboxylic acids is 2. The van der Waals surface area contributed by atoms with Crippen LogP contribution in [0.3, 0.4) is 0 Å². The van der Waals surface area contributed by atoms with Crippen LogP contribution in [-0.2, 0) is 16.0 Å². The van der Waals surface area contributed by atoms with Gasteiger partial charge in [0.1, 0.15) is 0 Å². The summed E-state index contributed by atoms with van der Waals surface area (Å²) in [6.07, 6.45) is 3.00. The molecule has 1 aliphatic heterocycles. The van der Waals surface area contributed by atoms with Crippen molar-refractivity contribution in [2.45, 2.75) is 25.3 Å². The van der Waals surface area contributed by atoms with Crippen LogP contribution in [0.4, 0.5) is 0 Å². The fourth-order valence-corrected chi connectivity index (χ4v) is 4.37. The summed E-state index contributed by atoms with van der Waals surface area (Å²) in [5.41, 5.74) is 1.03. The van der Waals surface area contributed by atoms with Crippen LogP contribution in [0, 0.1) is 0 Å². The summed E-state index contributed by atoms with van der Waals surface area (Å²) in [6.45, 7) is 4.80. The van der Waals surface area contributed by atoms with E-state index < -0.39 is 0 Å². The fraction of sp³-hybridized carbons (Fsp3) is 0.550. The monoisotopic (exact) mass is 401 g/mol. The average molecular weight is 402 g/mol. The smallest absolute Gasteiger partial charge is 0.234 e. The number of hydrogen-bond acceptors (Lipinski definition) is 6. The van der Waals surface area contributed by atoms with Gasteiger partial charge in [-0.2, -0.15) is 0 Å². The first-order valence-electron chi connectivity index (χ1n) is 10.0. The van der Waals surface area contributed by atoms with E-state index in [-0.39, 0.29) is 11.8 Å². The summed E-state index contributed by atoms with van der Waals surface area (Å²) in [7, 11) is 0. The Bertz CT molecular complexity index is 794. The largest absolute Gasteiger partial charge is 0.355 e. The van der Waals surface area contributed by atoms with Crippen molar-refractivity contribution < 1.29 is 9.59 Å². The molecule has 0 spiro atoms. The number of fused-ring (bicyclic) bond motifs is 1. The van der Waals surface area contributed by atoms with Crippen LogP contribution in [0.25, 0.3) is 10.2 Å². The van der Waals surface area contributed by atoms with E-state index in [0.29, 0.717) is 25.7 Å². The summed E-state index contributed by atoms with van der Waals surface area (Å²) in [6, 6.07) is 8.52. The molecule has 2 amide bonds. The molecule has 0 radical (unpaired) electrons. The second-order valence-corrected chi connectivity index (χ2v) is 8.68. The van der Waals surface area contributed by atoms with Gasteiger partial charge in [0.25, 0.3) is 0 Å². The SMILES string of the molecule is O=C(CN1CCN(CC(=O)NC2CC2)CC1)NCCc1nc2ccccc2s1. The molecule has 1 aromatic carbocycles. The Balaban J connectivity index is 1.12. The van der Waals surface area contributed by atoms with Crippen LogP contribution >= 0.6 is 11.3 Å². The normalized spacial score (nSPS) is 18.3. The van der Waals surface area contributed by atoms with Gasteiger partial charge in [0.05, 0.1) is 28.3 Å². The number of piperazine rings is 1. The molecule has 2 heterocycles. The first-order valence-corrected chi connectivity index (χ1v) is 10.8. The lowest BCUT2D eigenvalue weighted by Gasteiger charge is -2.33. The summed E-state index contributed by atoms with van der Waals surface area (Å²) in [4.78, 5) is 33.0. The van der Waals surface area contributed by atoms with Gasteiger partial charge in [0.15, 0.2) is 0 Å². The highest BCUT2D eigenvalue weighted by Gasteiger charge is 2.25. The zero-order chi connectivity index (χ0) is 19.3. The van der Waals surface area contributed by atoms with Crippen LogP contribution in [0.15, 0.2) is 24.3 Å². The third-order valence-electron chi connectivity index (χ3n) is 5.14. The molecule has 1 aromatic heterocycles. The Kier molecular flexibility index (Phi) is 6.19. The molecule has 2 N–H and O–H groups in total. The van der Waals surface area contributed by atoms with Crippen molar-refractivity contribution in [1.29, 1.82) is 0 Å². The number of nitrogens with one attached hydrogen (secondary N) is 2. The predicted octanol–water partition coefficient (Wildman–Crippen LogP) is 0.851. The van der Waals surface area contributed by atoms with Gasteiger partial charge in [-0.3, -0.25) is 19.4 Å². The molecule has 7 nitrogen and oxygen atoms in total. The third kappa shape index (κ3) is 5.50. The van der Waals surface area contributed by atoms with Crippen molar-refractivity contribution >= 4 is 33.4 Å². The Hall–Kier alpha value is -2.03. The minimum atomic E-state index is 0.0565. The minimum Gasteiger partial charge on any atom is -0.355 e. The van der Waals surface area contributed by atoms with E-state index in [9.17, 15) is 9.59 Å². The zero-order valence-electron chi connectivity index (χ0n) is 16.0. The van der Waals surface area contributed by atoms with Gasteiger partial charge in [0, 0.05) is 45.2 Å². The maximum Gasteiger partial charge on any atom is 0.234 e. The van der Waals surface area contributed by atoms with E-state index >= 15 is 0 Å². The zero-order valence-corrected chi connectivity index (χ0v) is 16.8. The Morgan fingerprint density at radius 2 is 1.71 bits per heavy atom. The van der Waals surface area contributed by atoms with Gasteiger partial charge < -0.3 is 10.6 Å². The molecule has 1 aliphatic carbocycles. The number of carbonyl (C=O) groups is 2. The maximum absolute atomic E-state index is 12.2. The summed E-state index contributed by atoms with van der Waals surface area (Å²) in [5, 5.41) is 7.09.